The van der Waals surface area contributed by atoms with Crippen LogP contribution in [0.5, 0.6) is 0 Å². The molecule has 1 aromatic rings. The van der Waals surface area contributed by atoms with Crippen molar-refractivity contribution in [2.75, 3.05) is 32.7 Å². The van der Waals surface area contributed by atoms with Crippen molar-refractivity contribution >= 4 is 26.1 Å². The van der Waals surface area contributed by atoms with Crippen LogP contribution < -0.4 is 4.72 Å². The number of halogens is 2. The van der Waals surface area contributed by atoms with Crippen molar-refractivity contribution in [3.63, 3.8) is 0 Å². The summed E-state index contributed by atoms with van der Waals surface area (Å²) in [7, 11) is -3.29. The Morgan fingerprint density at radius 2 is 1.66 bits per heavy atom. The summed E-state index contributed by atoms with van der Waals surface area (Å²) in [4.78, 5) is 2.58. The highest BCUT2D eigenvalue weighted by Gasteiger charge is 2.30. The van der Waals surface area contributed by atoms with E-state index >= 15 is 0 Å². The normalized spacial score (nSPS) is 26.6. The van der Waals surface area contributed by atoms with Crippen molar-refractivity contribution in [3.05, 3.63) is 34.1 Å². The van der Waals surface area contributed by atoms with Gasteiger partial charge >= 0.3 is 0 Å². The first-order valence-corrected chi connectivity index (χ1v) is 14.6. The number of nitrogens with one attached hydrogen (secondary N) is 1. The van der Waals surface area contributed by atoms with Gasteiger partial charge in [-0.2, -0.15) is 17.4 Å². The van der Waals surface area contributed by atoms with Crippen molar-refractivity contribution in [2.24, 2.45) is 11.8 Å². The fourth-order valence-corrected chi connectivity index (χ4v) is 7.53. The van der Waals surface area contributed by atoms with E-state index in [-0.39, 0.29) is 11.9 Å². The van der Waals surface area contributed by atoms with Crippen LogP contribution in [0, 0.1) is 17.7 Å². The van der Waals surface area contributed by atoms with Crippen LogP contribution in [0.15, 0.2) is 22.7 Å². The molecule has 1 N–H and O–H groups in total. The molecule has 1 aromatic carbocycles. The van der Waals surface area contributed by atoms with Crippen LogP contribution in [-0.2, 0) is 16.6 Å². The van der Waals surface area contributed by atoms with E-state index in [4.69, 9.17) is 0 Å². The van der Waals surface area contributed by atoms with Gasteiger partial charge in [0.25, 0.3) is 10.2 Å². The van der Waals surface area contributed by atoms with Crippen LogP contribution in [0.2, 0.25) is 0 Å². The molecule has 1 aliphatic carbocycles. The average Bonchev–Trinajstić information content (AvgIpc) is 3.33. The number of piperidine rings is 1. The largest absolute Gasteiger partial charge is 0.303 e. The summed E-state index contributed by atoms with van der Waals surface area (Å²) in [5.74, 6) is 1.19. The lowest BCUT2D eigenvalue weighted by Gasteiger charge is -2.34. The van der Waals surface area contributed by atoms with Crippen LogP contribution in [0.1, 0.15) is 63.4 Å². The molecule has 0 radical (unpaired) electrons. The molecule has 4 rings (SSSR count). The Labute approximate surface area is 201 Å². The van der Waals surface area contributed by atoms with Gasteiger partial charge in [-0.05, 0) is 119 Å². The first kappa shape index (κ1) is 24.6. The van der Waals surface area contributed by atoms with Crippen LogP contribution in [0.3, 0.4) is 0 Å². The van der Waals surface area contributed by atoms with Gasteiger partial charge in [-0.25, -0.2) is 4.39 Å². The molecule has 5 nitrogen and oxygen atoms in total. The van der Waals surface area contributed by atoms with Gasteiger partial charge in [0.05, 0.1) is 0 Å². The highest BCUT2D eigenvalue weighted by atomic mass is 79.9. The molecule has 0 unspecified atom stereocenters. The number of hydrogen-bond acceptors (Lipinski definition) is 3. The van der Waals surface area contributed by atoms with E-state index < -0.39 is 10.2 Å². The van der Waals surface area contributed by atoms with E-state index in [2.05, 4.69) is 25.6 Å². The Morgan fingerprint density at radius 3 is 2.34 bits per heavy atom. The second-order valence-electron chi connectivity index (χ2n) is 9.96. The minimum absolute atomic E-state index is 0.106. The lowest BCUT2D eigenvalue weighted by molar-refractivity contribution is 0.164. The molecule has 0 spiro atoms. The van der Waals surface area contributed by atoms with Crippen LogP contribution in [0.25, 0.3) is 0 Å². The number of benzene rings is 1. The van der Waals surface area contributed by atoms with Gasteiger partial charge in [0.15, 0.2) is 0 Å². The van der Waals surface area contributed by atoms with E-state index in [1.165, 1.54) is 25.3 Å². The Kier molecular flexibility index (Phi) is 8.65. The van der Waals surface area contributed by atoms with Crippen molar-refractivity contribution < 1.29 is 12.8 Å². The van der Waals surface area contributed by atoms with E-state index in [9.17, 15) is 12.8 Å². The summed E-state index contributed by atoms with van der Waals surface area (Å²) >= 11 is 3.56. The lowest BCUT2D eigenvalue weighted by Crippen LogP contribution is -2.45. The average molecular weight is 531 g/mol. The van der Waals surface area contributed by atoms with E-state index in [0.29, 0.717) is 24.9 Å². The summed E-state index contributed by atoms with van der Waals surface area (Å²) in [6.07, 6.45) is 10.6. The standard InChI is InChI=1S/C24H37BrFN3O2S/c25-24-8-5-22(26)18-21(24)17-20-10-15-28(16-11-20)14-9-19-3-6-23(7-4-19)27-32(30,31)29-12-1-2-13-29/h5,8,18-20,23,27H,1-4,6-7,9-17H2/t19-,23-. The predicted octanol–water partition coefficient (Wildman–Crippen LogP) is 4.72. The Bertz CT molecular complexity index is 847. The molecule has 32 heavy (non-hydrogen) atoms. The molecule has 3 fully saturated rings. The maximum atomic E-state index is 13.6. The maximum Gasteiger partial charge on any atom is 0.279 e. The number of likely N-dealkylation sites (tertiary alicyclic amines) is 1. The van der Waals surface area contributed by atoms with Gasteiger partial charge < -0.3 is 4.90 Å². The van der Waals surface area contributed by atoms with Gasteiger partial charge in [-0.3, -0.25) is 0 Å². The highest BCUT2D eigenvalue weighted by Crippen LogP contribution is 2.30. The molecule has 8 heteroatoms. The zero-order valence-corrected chi connectivity index (χ0v) is 21.3. The van der Waals surface area contributed by atoms with Gasteiger partial charge in [0.1, 0.15) is 5.82 Å². The second kappa shape index (κ2) is 11.3. The molecular weight excluding hydrogens is 493 g/mol. The van der Waals surface area contributed by atoms with Crippen LogP contribution >= 0.6 is 15.9 Å². The van der Waals surface area contributed by atoms with Gasteiger partial charge in [0, 0.05) is 23.6 Å². The highest BCUT2D eigenvalue weighted by molar-refractivity contribution is 9.10. The Morgan fingerprint density at radius 1 is 0.969 bits per heavy atom. The van der Waals surface area contributed by atoms with Crippen LogP contribution in [-0.4, -0.2) is 56.4 Å². The molecule has 2 heterocycles. The third-order valence-corrected chi connectivity index (χ3v) is 10.1. The Hall–Kier alpha value is -0.540. The molecule has 1 saturated carbocycles. The molecular formula is C24H37BrFN3O2S. The van der Waals surface area contributed by atoms with Crippen LogP contribution in [0.4, 0.5) is 4.39 Å². The van der Waals surface area contributed by atoms with Gasteiger partial charge in [0.2, 0.25) is 0 Å². The van der Waals surface area contributed by atoms with Crippen molar-refractivity contribution in [2.45, 2.75) is 70.3 Å². The zero-order valence-electron chi connectivity index (χ0n) is 18.9. The van der Waals surface area contributed by atoms with Gasteiger partial charge in [-0.15, -0.1) is 0 Å². The number of nitrogens with zero attached hydrogens (tertiary/aromatic N) is 2. The minimum atomic E-state index is -3.29. The third-order valence-electron chi connectivity index (χ3n) is 7.64. The quantitative estimate of drug-likeness (QED) is 0.529. The molecule has 0 bridgehead atoms. The summed E-state index contributed by atoms with van der Waals surface area (Å²) in [6.45, 7) is 4.73. The van der Waals surface area contributed by atoms with Crippen molar-refractivity contribution in [1.29, 1.82) is 0 Å². The van der Waals surface area contributed by atoms with E-state index in [1.54, 1.807) is 10.4 Å². The predicted molar refractivity (Wildman–Crippen MR) is 130 cm³/mol. The molecule has 0 atom stereocenters. The SMILES string of the molecule is O=S(=O)(N[C@H]1CC[C@H](CCN2CCC(Cc3cc(F)ccc3Br)CC2)CC1)N1CCCC1. The summed E-state index contributed by atoms with van der Waals surface area (Å²) in [5, 5.41) is 0. The van der Waals surface area contributed by atoms with Crippen molar-refractivity contribution in [1.82, 2.24) is 13.9 Å². The molecule has 2 aliphatic heterocycles. The first-order chi connectivity index (χ1) is 15.4. The number of hydrogen-bond donors (Lipinski definition) is 1. The molecule has 0 aromatic heterocycles. The summed E-state index contributed by atoms with van der Waals surface area (Å²) in [5.41, 5.74) is 1.08. The van der Waals surface area contributed by atoms with Crippen molar-refractivity contribution in [3.8, 4) is 0 Å². The molecule has 2 saturated heterocycles. The monoisotopic (exact) mass is 529 g/mol. The Balaban J connectivity index is 1.13. The number of rotatable bonds is 8. The topological polar surface area (TPSA) is 52.7 Å². The minimum Gasteiger partial charge on any atom is -0.303 e. The first-order valence-electron chi connectivity index (χ1n) is 12.3. The fraction of sp³-hybridized carbons (Fsp3) is 0.750. The summed E-state index contributed by atoms with van der Waals surface area (Å²) < 4.78 is 44.1. The second-order valence-corrected chi connectivity index (χ2v) is 12.5. The molecule has 180 valence electrons. The fourth-order valence-electron chi connectivity index (χ4n) is 5.57. The summed E-state index contributed by atoms with van der Waals surface area (Å²) in [6, 6.07) is 5.09. The molecule has 3 aliphatic rings. The zero-order chi connectivity index (χ0) is 22.6. The van der Waals surface area contributed by atoms with Gasteiger partial charge in [-0.1, -0.05) is 15.9 Å². The van der Waals surface area contributed by atoms with E-state index in [1.807, 2.05) is 6.07 Å². The third kappa shape index (κ3) is 6.75. The maximum absolute atomic E-state index is 13.6. The lowest BCUT2D eigenvalue weighted by atomic mass is 9.84. The van der Waals surface area contributed by atoms with E-state index in [0.717, 1.165) is 74.6 Å². The smallest absolute Gasteiger partial charge is 0.279 e. The molecule has 0 amide bonds.